The van der Waals surface area contributed by atoms with Gasteiger partial charge >= 0.3 is 3.98 Å². The van der Waals surface area contributed by atoms with Gasteiger partial charge in [-0.05, 0) is 31.5 Å². The summed E-state index contributed by atoms with van der Waals surface area (Å²) in [5.74, 6) is 0.985. The Morgan fingerprint density at radius 2 is 1.62 bits per heavy atom. The van der Waals surface area contributed by atoms with E-state index in [9.17, 15) is 0 Å². The number of fused-ring (bicyclic) bond motifs is 3. The molecule has 0 saturated heterocycles. The van der Waals surface area contributed by atoms with Gasteiger partial charge in [-0.25, -0.2) is 4.58 Å². The summed E-state index contributed by atoms with van der Waals surface area (Å²) in [5.41, 5.74) is 2.44. The number of rotatable bonds is 3. The molecule has 0 fully saturated rings. The average molecular weight is 355 g/mol. The van der Waals surface area contributed by atoms with Crippen LogP contribution in [0.2, 0.25) is 0 Å². The second kappa shape index (κ2) is 6.54. The minimum absolute atomic E-state index is 0.0123. The van der Waals surface area contributed by atoms with E-state index < -0.39 is 0 Å². The van der Waals surface area contributed by atoms with Crippen molar-refractivity contribution in [3.8, 4) is 16.2 Å². The smallest absolute Gasteiger partial charge is 0.314 e. The standard InChI is InChI=1S/C20H20NOS2/c1-3-21(4-2)20-23-18-15-12-8-9-13-16(15)22-17(19(18)24-20)14-10-6-5-7-11-14/h5-13,17H,3-4H2,1-2H3/q+1. The van der Waals surface area contributed by atoms with Crippen LogP contribution in [0.4, 0.5) is 0 Å². The van der Waals surface area contributed by atoms with Crippen LogP contribution in [0.15, 0.2) is 54.6 Å². The Morgan fingerprint density at radius 1 is 0.917 bits per heavy atom. The molecule has 0 radical (unpaired) electrons. The predicted molar refractivity (Wildman–Crippen MR) is 103 cm³/mol. The minimum atomic E-state index is -0.0123. The number of nitrogens with zero attached hydrogens (tertiary/aromatic N) is 1. The molecule has 3 aromatic rings. The molecule has 4 heteroatoms. The maximum absolute atomic E-state index is 6.40. The summed E-state index contributed by atoms with van der Waals surface area (Å²) in [6, 6.07) is 18.9. The highest BCUT2D eigenvalue weighted by Gasteiger charge is 2.31. The van der Waals surface area contributed by atoms with E-state index in [2.05, 4.69) is 67.0 Å². The molecule has 0 N–H and O–H groups in total. The first kappa shape index (κ1) is 15.6. The van der Waals surface area contributed by atoms with Crippen LogP contribution in [0.3, 0.4) is 0 Å². The van der Waals surface area contributed by atoms with Gasteiger partial charge in [0.15, 0.2) is 6.10 Å². The molecule has 1 aromatic heterocycles. The number of benzene rings is 2. The van der Waals surface area contributed by atoms with Gasteiger partial charge in [-0.3, -0.25) is 0 Å². The van der Waals surface area contributed by atoms with E-state index in [1.54, 1.807) is 0 Å². The molecular weight excluding hydrogens is 334 g/mol. The molecule has 1 atom stereocenters. The number of ether oxygens (including phenoxy) is 1. The van der Waals surface area contributed by atoms with E-state index in [4.69, 9.17) is 4.74 Å². The first-order valence-electron chi connectivity index (χ1n) is 8.34. The van der Waals surface area contributed by atoms with Gasteiger partial charge in [-0.1, -0.05) is 65.1 Å². The lowest BCUT2D eigenvalue weighted by atomic mass is 10.0. The Morgan fingerprint density at radius 3 is 2.38 bits per heavy atom. The van der Waals surface area contributed by atoms with Crippen molar-refractivity contribution in [3.05, 3.63) is 69.0 Å². The molecule has 4 rings (SSSR count). The monoisotopic (exact) mass is 354 g/mol. The van der Waals surface area contributed by atoms with Crippen LogP contribution in [-0.4, -0.2) is 13.1 Å². The van der Waals surface area contributed by atoms with E-state index in [0.717, 1.165) is 18.8 Å². The lowest BCUT2D eigenvalue weighted by Gasteiger charge is -2.25. The fourth-order valence-corrected chi connectivity index (χ4v) is 6.11. The van der Waals surface area contributed by atoms with Gasteiger partial charge in [0.25, 0.3) is 0 Å². The van der Waals surface area contributed by atoms with Crippen molar-refractivity contribution in [2.75, 3.05) is 13.1 Å². The molecule has 1 aliphatic rings. The molecule has 2 heterocycles. The van der Waals surface area contributed by atoms with Crippen molar-refractivity contribution in [2.45, 2.75) is 20.0 Å². The van der Waals surface area contributed by atoms with Crippen molar-refractivity contribution < 1.29 is 4.74 Å². The zero-order valence-electron chi connectivity index (χ0n) is 13.9. The van der Waals surface area contributed by atoms with Gasteiger partial charge in [0.05, 0.1) is 9.75 Å². The molecule has 0 saturated carbocycles. The van der Waals surface area contributed by atoms with Gasteiger partial charge in [0.1, 0.15) is 18.8 Å². The van der Waals surface area contributed by atoms with Gasteiger partial charge < -0.3 is 4.74 Å². The van der Waals surface area contributed by atoms with Crippen LogP contribution in [0, 0.1) is 0 Å². The molecule has 2 nitrogen and oxygen atoms in total. The van der Waals surface area contributed by atoms with Crippen LogP contribution in [0.1, 0.15) is 30.4 Å². The van der Waals surface area contributed by atoms with Crippen molar-refractivity contribution in [1.82, 2.24) is 4.58 Å². The molecule has 122 valence electrons. The molecule has 0 spiro atoms. The van der Waals surface area contributed by atoms with Gasteiger partial charge in [-0.2, -0.15) is 0 Å². The maximum Gasteiger partial charge on any atom is 0.314 e. The summed E-state index contributed by atoms with van der Waals surface area (Å²) in [4.78, 5) is 2.68. The van der Waals surface area contributed by atoms with Crippen molar-refractivity contribution >= 4 is 22.7 Å². The second-order valence-corrected chi connectivity index (χ2v) is 8.03. The van der Waals surface area contributed by atoms with E-state index in [1.165, 1.54) is 24.9 Å². The Hall–Kier alpha value is -1.91. The van der Waals surface area contributed by atoms with Crippen LogP contribution in [0.5, 0.6) is 5.75 Å². The predicted octanol–water partition coefficient (Wildman–Crippen LogP) is 4.77. The molecule has 0 aliphatic carbocycles. The second-order valence-electron chi connectivity index (χ2n) is 5.74. The number of hydrogen-bond donors (Lipinski definition) is 0. The van der Waals surface area contributed by atoms with Crippen molar-refractivity contribution in [1.29, 1.82) is 0 Å². The summed E-state index contributed by atoms with van der Waals surface area (Å²) < 4.78 is 10.2. The third-order valence-electron chi connectivity index (χ3n) is 4.35. The normalized spacial score (nSPS) is 15.3. The van der Waals surface area contributed by atoms with E-state index in [0.29, 0.717) is 0 Å². The molecule has 24 heavy (non-hydrogen) atoms. The molecule has 1 aliphatic heterocycles. The van der Waals surface area contributed by atoms with Crippen molar-refractivity contribution in [2.24, 2.45) is 0 Å². The largest absolute Gasteiger partial charge is 0.479 e. The van der Waals surface area contributed by atoms with E-state index in [1.807, 2.05) is 28.7 Å². The summed E-state index contributed by atoms with van der Waals surface area (Å²) in [6.07, 6.45) is -0.0123. The number of para-hydroxylation sites is 1. The van der Waals surface area contributed by atoms with Gasteiger partial charge in [0.2, 0.25) is 0 Å². The molecule has 0 bridgehead atoms. The quantitative estimate of drug-likeness (QED) is 0.617. The van der Waals surface area contributed by atoms with Crippen LogP contribution >= 0.6 is 22.7 Å². The fraction of sp³-hybridized carbons (Fsp3) is 0.250. The fourth-order valence-electron chi connectivity index (χ4n) is 3.05. The van der Waals surface area contributed by atoms with Crippen LogP contribution in [-0.2, 0) is 0 Å². The summed E-state index contributed by atoms with van der Waals surface area (Å²) in [7, 11) is 0. The summed E-state index contributed by atoms with van der Waals surface area (Å²) in [5, 5.41) is 0. The highest BCUT2D eigenvalue weighted by molar-refractivity contribution is 7.29. The summed E-state index contributed by atoms with van der Waals surface area (Å²) in [6.45, 7) is 6.50. The lowest BCUT2D eigenvalue weighted by molar-refractivity contribution is 0.248. The zero-order valence-corrected chi connectivity index (χ0v) is 15.5. The highest BCUT2D eigenvalue weighted by Crippen LogP contribution is 2.47. The van der Waals surface area contributed by atoms with Gasteiger partial charge in [-0.15, -0.1) is 0 Å². The highest BCUT2D eigenvalue weighted by atomic mass is 32.2. The Labute approximate surface area is 150 Å². The molecule has 2 aromatic carbocycles. The molecule has 0 amide bonds. The third-order valence-corrected chi connectivity index (χ3v) is 7.13. The maximum atomic E-state index is 6.40. The SMILES string of the molecule is CC[N+](CC)=c1sc2c(s1)C(c1ccccc1)Oc1ccccc1-2. The lowest BCUT2D eigenvalue weighted by Crippen LogP contribution is -2.25. The zero-order chi connectivity index (χ0) is 16.5. The number of hydrogen-bond acceptors (Lipinski definition) is 3. The van der Waals surface area contributed by atoms with Crippen LogP contribution in [0.25, 0.3) is 10.4 Å². The van der Waals surface area contributed by atoms with Crippen molar-refractivity contribution in [3.63, 3.8) is 0 Å². The minimum Gasteiger partial charge on any atom is -0.479 e. The first-order valence-corrected chi connectivity index (χ1v) is 9.97. The Bertz CT molecular complexity index is 918. The Kier molecular flexibility index (Phi) is 4.25. The average Bonchev–Trinajstić information content (AvgIpc) is 3.08. The first-order chi connectivity index (χ1) is 11.8. The molecular formula is C20H20NOS2+. The van der Waals surface area contributed by atoms with Crippen LogP contribution < -0.4 is 13.3 Å². The topological polar surface area (TPSA) is 12.2 Å². The van der Waals surface area contributed by atoms with E-state index >= 15 is 0 Å². The molecule has 1 unspecified atom stereocenters. The summed E-state index contributed by atoms with van der Waals surface area (Å²) >= 11 is 3.78. The third kappa shape index (κ3) is 2.60. The Balaban J connectivity index is 1.96. The van der Waals surface area contributed by atoms with E-state index in [-0.39, 0.29) is 6.10 Å². The van der Waals surface area contributed by atoms with Gasteiger partial charge in [0, 0.05) is 5.56 Å².